The van der Waals surface area contributed by atoms with Crippen molar-refractivity contribution >= 4 is 17.6 Å². The van der Waals surface area contributed by atoms with Crippen LogP contribution in [0.4, 0.5) is 10.5 Å². The third-order valence-corrected chi connectivity index (χ3v) is 6.45. The highest BCUT2D eigenvalue weighted by Gasteiger charge is 2.31. The van der Waals surface area contributed by atoms with Crippen LogP contribution in [0.5, 0.6) is 0 Å². The molecule has 174 valence electrons. The maximum Gasteiger partial charge on any atom is 0.322 e. The van der Waals surface area contributed by atoms with Crippen LogP contribution in [0.15, 0.2) is 61.2 Å². The van der Waals surface area contributed by atoms with Crippen LogP contribution in [0.2, 0.25) is 0 Å². The molecule has 1 saturated heterocycles. The number of para-hydroxylation sites is 1. The maximum absolute atomic E-state index is 12.7. The maximum atomic E-state index is 12.7. The first kappa shape index (κ1) is 22.6. The number of hydrogen-bond donors (Lipinski definition) is 2. The zero-order chi connectivity index (χ0) is 23.2. The van der Waals surface area contributed by atoms with Gasteiger partial charge in [-0.05, 0) is 49.1 Å². The number of carbonyl (C=O) groups excluding carboxylic acids is 2. The van der Waals surface area contributed by atoms with Gasteiger partial charge >= 0.3 is 6.03 Å². The fourth-order valence-corrected chi connectivity index (χ4v) is 4.45. The van der Waals surface area contributed by atoms with Crippen LogP contribution in [0.3, 0.4) is 0 Å². The lowest BCUT2D eigenvalue weighted by atomic mass is 10.0. The molecule has 2 aliphatic rings. The average Bonchev–Trinajstić information content (AvgIpc) is 2.86. The molecule has 8 heteroatoms. The van der Waals surface area contributed by atoms with Crippen LogP contribution < -0.4 is 10.6 Å². The van der Waals surface area contributed by atoms with E-state index in [1.807, 2.05) is 47.1 Å². The molecule has 0 spiro atoms. The summed E-state index contributed by atoms with van der Waals surface area (Å²) in [6.07, 6.45) is 5.22. The van der Waals surface area contributed by atoms with E-state index < -0.39 is 0 Å². The molecular formula is C25H32N6O2. The highest BCUT2D eigenvalue weighted by molar-refractivity contribution is 5.92. The summed E-state index contributed by atoms with van der Waals surface area (Å²) in [5.41, 5.74) is 3.12. The molecule has 0 atom stereocenters. The summed E-state index contributed by atoms with van der Waals surface area (Å²) in [4.78, 5) is 35.2. The Morgan fingerprint density at radius 1 is 1.21 bits per heavy atom. The number of pyridine rings is 1. The number of aromatic nitrogens is 1. The minimum Gasteiger partial charge on any atom is -0.363 e. The average molecular weight is 449 g/mol. The van der Waals surface area contributed by atoms with Gasteiger partial charge in [-0.15, -0.1) is 0 Å². The SMILES string of the molecule is C=C(NCC(=O)N(CC)Cc1ccncc1)N1CCC(N2Cc3ccccc3NC2=O)CC1. The Hall–Kier alpha value is -3.55. The van der Waals surface area contributed by atoms with Crippen LogP contribution in [0.1, 0.15) is 30.9 Å². The van der Waals surface area contributed by atoms with Gasteiger partial charge in [-0.1, -0.05) is 24.8 Å². The predicted molar refractivity (Wildman–Crippen MR) is 128 cm³/mol. The fourth-order valence-electron chi connectivity index (χ4n) is 4.45. The molecule has 0 bridgehead atoms. The number of anilines is 1. The minimum absolute atomic E-state index is 0.0245. The van der Waals surface area contributed by atoms with E-state index in [4.69, 9.17) is 0 Å². The number of likely N-dealkylation sites (N-methyl/N-ethyl adjacent to an activating group) is 1. The van der Waals surface area contributed by atoms with Gasteiger partial charge in [-0.3, -0.25) is 9.78 Å². The Kier molecular flexibility index (Phi) is 7.12. The van der Waals surface area contributed by atoms with E-state index in [9.17, 15) is 9.59 Å². The monoisotopic (exact) mass is 448 g/mol. The molecule has 2 aliphatic heterocycles. The van der Waals surface area contributed by atoms with Gasteiger partial charge in [0.1, 0.15) is 0 Å². The first-order valence-electron chi connectivity index (χ1n) is 11.5. The van der Waals surface area contributed by atoms with Crippen molar-refractivity contribution in [3.63, 3.8) is 0 Å². The van der Waals surface area contributed by atoms with Crippen LogP contribution in [0, 0.1) is 0 Å². The van der Waals surface area contributed by atoms with E-state index in [1.54, 1.807) is 12.4 Å². The number of urea groups is 1. The third-order valence-electron chi connectivity index (χ3n) is 6.45. The second-order valence-corrected chi connectivity index (χ2v) is 8.50. The Bertz CT molecular complexity index is 987. The lowest BCUT2D eigenvalue weighted by Crippen LogP contribution is -2.51. The molecular weight excluding hydrogens is 416 g/mol. The van der Waals surface area contributed by atoms with Crippen molar-refractivity contribution in [2.45, 2.75) is 38.9 Å². The van der Waals surface area contributed by atoms with Crippen molar-refractivity contribution in [1.29, 1.82) is 0 Å². The number of nitrogens with zero attached hydrogens (tertiary/aromatic N) is 4. The number of carbonyl (C=O) groups is 2. The molecule has 33 heavy (non-hydrogen) atoms. The summed E-state index contributed by atoms with van der Waals surface area (Å²) in [6.45, 7) is 9.78. The van der Waals surface area contributed by atoms with Gasteiger partial charge in [-0.25, -0.2) is 4.79 Å². The van der Waals surface area contributed by atoms with Gasteiger partial charge in [0.2, 0.25) is 5.91 Å². The van der Waals surface area contributed by atoms with Gasteiger partial charge < -0.3 is 25.3 Å². The van der Waals surface area contributed by atoms with E-state index >= 15 is 0 Å². The topological polar surface area (TPSA) is 80.8 Å². The number of benzene rings is 1. The Morgan fingerprint density at radius 3 is 2.67 bits per heavy atom. The molecule has 0 saturated carbocycles. The molecule has 0 radical (unpaired) electrons. The molecule has 1 fully saturated rings. The number of nitrogens with one attached hydrogen (secondary N) is 2. The highest BCUT2D eigenvalue weighted by atomic mass is 16.2. The molecule has 3 heterocycles. The molecule has 1 aromatic carbocycles. The van der Waals surface area contributed by atoms with Crippen molar-refractivity contribution < 1.29 is 9.59 Å². The van der Waals surface area contributed by atoms with E-state index in [2.05, 4.69) is 33.2 Å². The van der Waals surface area contributed by atoms with Crippen molar-refractivity contribution in [2.24, 2.45) is 0 Å². The molecule has 0 aliphatic carbocycles. The lowest BCUT2D eigenvalue weighted by molar-refractivity contribution is -0.130. The van der Waals surface area contributed by atoms with Crippen LogP contribution >= 0.6 is 0 Å². The molecule has 2 aromatic rings. The van der Waals surface area contributed by atoms with Crippen molar-refractivity contribution in [3.8, 4) is 0 Å². The van der Waals surface area contributed by atoms with Gasteiger partial charge in [0.05, 0.1) is 12.4 Å². The van der Waals surface area contributed by atoms with Crippen molar-refractivity contribution in [3.05, 3.63) is 72.3 Å². The van der Waals surface area contributed by atoms with E-state index in [0.717, 1.165) is 48.6 Å². The zero-order valence-corrected chi connectivity index (χ0v) is 19.2. The third kappa shape index (κ3) is 5.45. The number of amides is 3. The lowest BCUT2D eigenvalue weighted by Gasteiger charge is -2.41. The Labute approximate surface area is 195 Å². The van der Waals surface area contributed by atoms with E-state index in [1.165, 1.54) is 0 Å². The quantitative estimate of drug-likeness (QED) is 0.649. The summed E-state index contributed by atoms with van der Waals surface area (Å²) < 4.78 is 0. The predicted octanol–water partition coefficient (Wildman–Crippen LogP) is 3.00. The summed E-state index contributed by atoms with van der Waals surface area (Å²) in [5.74, 6) is 0.796. The summed E-state index contributed by atoms with van der Waals surface area (Å²) in [5, 5.41) is 6.21. The largest absolute Gasteiger partial charge is 0.363 e. The number of likely N-dealkylation sites (tertiary alicyclic amines) is 1. The normalized spacial score (nSPS) is 16.1. The van der Waals surface area contributed by atoms with Gasteiger partial charge in [0.25, 0.3) is 0 Å². The molecule has 2 N–H and O–H groups in total. The zero-order valence-electron chi connectivity index (χ0n) is 19.2. The van der Waals surface area contributed by atoms with Crippen LogP contribution in [-0.2, 0) is 17.9 Å². The molecule has 4 rings (SSSR count). The summed E-state index contributed by atoms with van der Waals surface area (Å²) in [7, 11) is 0. The van der Waals surface area contributed by atoms with Gasteiger partial charge in [-0.2, -0.15) is 0 Å². The number of fused-ring (bicyclic) bond motifs is 1. The van der Waals surface area contributed by atoms with Crippen LogP contribution in [0.25, 0.3) is 0 Å². The second kappa shape index (κ2) is 10.4. The van der Waals surface area contributed by atoms with Gasteiger partial charge in [0.15, 0.2) is 0 Å². The number of piperidine rings is 1. The smallest absolute Gasteiger partial charge is 0.322 e. The molecule has 3 amide bonds. The van der Waals surface area contributed by atoms with E-state index in [-0.39, 0.29) is 24.5 Å². The first-order valence-corrected chi connectivity index (χ1v) is 11.5. The first-order chi connectivity index (χ1) is 16.0. The van der Waals surface area contributed by atoms with Crippen molar-refractivity contribution in [2.75, 3.05) is 31.5 Å². The Balaban J connectivity index is 1.24. The second-order valence-electron chi connectivity index (χ2n) is 8.50. The molecule has 1 aromatic heterocycles. The number of rotatable bonds is 8. The van der Waals surface area contributed by atoms with Gasteiger partial charge in [0, 0.05) is 56.8 Å². The van der Waals surface area contributed by atoms with E-state index in [0.29, 0.717) is 19.6 Å². The summed E-state index contributed by atoms with van der Waals surface area (Å²) >= 11 is 0. The standard InChI is InChI=1S/C25H32N6O2/c1-3-29(17-20-8-12-26-13-9-20)24(32)16-27-19(2)30-14-10-22(11-15-30)31-18-21-6-4-5-7-23(21)28-25(31)33/h4-9,12-13,22,27H,2-3,10-11,14-18H2,1H3,(H,28,33). The highest BCUT2D eigenvalue weighted by Crippen LogP contribution is 2.27. The molecule has 8 nitrogen and oxygen atoms in total. The van der Waals surface area contributed by atoms with Crippen LogP contribution in [-0.4, -0.2) is 63.8 Å². The Morgan fingerprint density at radius 2 is 1.94 bits per heavy atom. The summed E-state index contributed by atoms with van der Waals surface area (Å²) in [6, 6.07) is 12.0. The molecule has 0 unspecified atom stereocenters. The van der Waals surface area contributed by atoms with Crippen molar-refractivity contribution in [1.82, 2.24) is 25.0 Å². The fraction of sp³-hybridized carbons (Fsp3) is 0.400. The number of hydrogen-bond acceptors (Lipinski definition) is 5. The minimum atomic E-state index is -0.0245.